The molecule has 4 atom stereocenters. The van der Waals surface area contributed by atoms with Crippen LogP contribution < -0.4 is 5.32 Å². The fourth-order valence-electron chi connectivity index (χ4n) is 4.00. The van der Waals surface area contributed by atoms with Gasteiger partial charge in [-0.2, -0.15) is 0 Å². The molecule has 3 N–H and O–H groups in total. The van der Waals surface area contributed by atoms with Gasteiger partial charge in [0.15, 0.2) is 11.9 Å². The molecule has 0 amide bonds. The fraction of sp³-hybridized carbons (Fsp3) is 0.667. The zero-order valence-corrected chi connectivity index (χ0v) is 17.6. The Morgan fingerprint density at radius 2 is 2.00 bits per heavy atom. The first-order chi connectivity index (χ1) is 14.3. The number of fused-ring (bicyclic) bond motifs is 1. The number of esters is 1. The van der Waals surface area contributed by atoms with E-state index in [-0.39, 0.29) is 6.61 Å². The van der Waals surface area contributed by atoms with Crippen LogP contribution in [0, 0.1) is 5.41 Å². The zero-order chi connectivity index (χ0) is 21.5. The maximum atomic E-state index is 12.0. The molecule has 3 heterocycles. The monoisotopic (exact) mass is 418 g/mol. The number of hydrogen-bond donors (Lipinski definition) is 3. The van der Waals surface area contributed by atoms with Crippen LogP contribution >= 0.6 is 0 Å². The van der Waals surface area contributed by atoms with Crippen molar-refractivity contribution < 1.29 is 24.5 Å². The number of pyridine rings is 1. The van der Waals surface area contributed by atoms with E-state index in [9.17, 15) is 15.0 Å². The first-order valence-electron chi connectivity index (χ1n) is 10.5. The van der Waals surface area contributed by atoms with E-state index in [0.29, 0.717) is 17.2 Å². The molecule has 0 spiro atoms. The van der Waals surface area contributed by atoms with E-state index in [1.165, 1.54) is 12.8 Å². The molecule has 2 fully saturated rings. The molecule has 9 heteroatoms. The minimum absolute atomic E-state index is 0.140. The molecule has 2 aromatic rings. The Hall–Kier alpha value is -2.23. The number of carbonyl (C=O) groups excluding carboxylic acids is 1. The van der Waals surface area contributed by atoms with Crippen LogP contribution in [0.4, 0.5) is 5.69 Å². The number of imidazole rings is 1. The summed E-state index contributed by atoms with van der Waals surface area (Å²) in [6.45, 7) is 5.11. The predicted molar refractivity (Wildman–Crippen MR) is 110 cm³/mol. The van der Waals surface area contributed by atoms with E-state index in [4.69, 9.17) is 9.47 Å². The third kappa shape index (κ3) is 4.01. The van der Waals surface area contributed by atoms with Gasteiger partial charge in [0.1, 0.15) is 30.4 Å². The van der Waals surface area contributed by atoms with Crippen molar-refractivity contribution >= 4 is 22.8 Å². The summed E-state index contributed by atoms with van der Waals surface area (Å²) >= 11 is 0. The highest BCUT2D eigenvalue weighted by Gasteiger charge is 2.45. The smallest absolute Gasteiger partial charge is 0.311 e. The highest BCUT2D eigenvalue weighted by molar-refractivity contribution is 5.85. The number of nitrogens with one attached hydrogen (secondary N) is 1. The Labute approximate surface area is 175 Å². The molecule has 9 nitrogen and oxygen atoms in total. The van der Waals surface area contributed by atoms with Gasteiger partial charge < -0.3 is 25.0 Å². The Kier molecular flexibility index (Phi) is 5.69. The number of nitrogens with zero attached hydrogens (tertiary/aromatic N) is 3. The molecule has 1 saturated heterocycles. The van der Waals surface area contributed by atoms with Crippen molar-refractivity contribution in [2.24, 2.45) is 5.41 Å². The molecule has 1 aliphatic carbocycles. The van der Waals surface area contributed by atoms with Gasteiger partial charge >= 0.3 is 5.97 Å². The Bertz CT molecular complexity index is 902. The van der Waals surface area contributed by atoms with Crippen LogP contribution in [0.15, 0.2) is 18.6 Å². The maximum Gasteiger partial charge on any atom is 0.311 e. The Morgan fingerprint density at radius 3 is 2.70 bits per heavy atom. The van der Waals surface area contributed by atoms with Crippen LogP contribution in [0.1, 0.15) is 52.7 Å². The molecule has 2 aliphatic rings. The van der Waals surface area contributed by atoms with Gasteiger partial charge in [-0.25, -0.2) is 9.97 Å². The maximum absolute atomic E-state index is 12.0. The van der Waals surface area contributed by atoms with E-state index >= 15 is 0 Å². The van der Waals surface area contributed by atoms with Crippen LogP contribution in [0.25, 0.3) is 11.2 Å². The number of rotatable bonds is 5. The van der Waals surface area contributed by atoms with E-state index in [0.717, 1.165) is 18.5 Å². The second-order valence-corrected chi connectivity index (χ2v) is 9.20. The second kappa shape index (κ2) is 8.13. The number of aliphatic hydroxyl groups excluding tert-OH is 2. The molecular formula is C21H30N4O5. The largest absolute Gasteiger partial charge is 0.462 e. The third-order valence-corrected chi connectivity index (χ3v) is 5.78. The molecule has 0 radical (unpaired) electrons. The highest BCUT2D eigenvalue weighted by atomic mass is 16.6. The summed E-state index contributed by atoms with van der Waals surface area (Å²) in [5.41, 5.74) is 1.49. The summed E-state index contributed by atoms with van der Waals surface area (Å²) in [6.07, 6.45) is 3.86. The van der Waals surface area contributed by atoms with Crippen molar-refractivity contribution in [3.63, 3.8) is 0 Å². The Balaban J connectivity index is 1.51. The average Bonchev–Trinajstić information content (AvgIpc) is 3.41. The molecular weight excluding hydrogens is 388 g/mol. The average molecular weight is 418 g/mol. The van der Waals surface area contributed by atoms with Crippen LogP contribution in [0.5, 0.6) is 0 Å². The van der Waals surface area contributed by atoms with Crippen molar-refractivity contribution in [1.82, 2.24) is 14.5 Å². The summed E-state index contributed by atoms with van der Waals surface area (Å²) < 4.78 is 12.8. The van der Waals surface area contributed by atoms with E-state index in [2.05, 4.69) is 15.3 Å². The number of anilines is 1. The van der Waals surface area contributed by atoms with Crippen molar-refractivity contribution in [3.8, 4) is 0 Å². The minimum atomic E-state index is -1.20. The van der Waals surface area contributed by atoms with E-state index in [1.807, 2.05) is 6.07 Å². The van der Waals surface area contributed by atoms with Crippen LogP contribution in [-0.2, 0) is 14.3 Å². The SMILES string of the molecule is CC(C)(C)C(=O)OC[C@H]1O[C@@H](n2cnc3c(NC4CCCC4)ccnc32)[C@H](O)[C@@H]1O. The topological polar surface area (TPSA) is 119 Å². The quantitative estimate of drug-likeness (QED) is 0.631. The molecule has 164 valence electrons. The molecule has 0 unspecified atom stereocenters. The lowest BCUT2D eigenvalue weighted by atomic mass is 9.97. The molecule has 1 aliphatic heterocycles. The van der Waals surface area contributed by atoms with Crippen molar-refractivity contribution in [1.29, 1.82) is 0 Å². The lowest BCUT2D eigenvalue weighted by molar-refractivity contribution is -0.159. The van der Waals surface area contributed by atoms with Crippen molar-refractivity contribution in [2.75, 3.05) is 11.9 Å². The fourth-order valence-corrected chi connectivity index (χ4v) is 4.00. The standard InChI is InChI=1S/C21H30N4O5/c1-21(2,3)20(28)29-10-14-16(26)17(27)19(30-14)25-11-23-15-13(8-9-22-18(15)25)24-12-6-4-5-7-12/h8-9,11-12,14,16-17,19,26-27H,4-7,10H2,1-3H3,(H,22,24)/t14-,16-,17-,19-/m1/s1. The van der Waals surface area contributed by atoms with Crippen molar-refractivity contribution in [3.05, 3.63) is 18.6 Å². The normalized spacial score (nSPS) is 27.6. The highest BCUT2D eigenvalue weighted by Crippen LogP contribution is 2.34. The molecule has 0 aromatic carbocycles. The predicted octanol–water partition coefficient (Wildman–Crippen LogP) is 1.99. The van der Waals surface area contributed by atoms with Gasteiger partial charge in [-0.15, -0.1) is 0 Å². The van der Waals surface area contributed by atoms with E-state index < -0.39 is 35.9 Å². The summed E-state index contributed by atoms with van der Waals surface area (Å²) in [5, 5.41) is 24.5. The van der Waals surface area contributed by atoms with Gasteiger partial charge in [-0.3, -0.25) is 9.36 Å². The zero-order valence-electron chi connectivity index (χ0n) is 17.6. The lowest BCUT2D eigenvalue weighted by Crippen LogP contribution is -2.35. The molecule has 30 heavy (non-hydrogen) atoms. The van der Waals surface area contributed by atoms with Crippen LogP contribution in [0.3, 0.4) is 0 Å². The van der Waals surface area contributed by atoms with Gasteiger partial charge in [0.05, 0.1) is 17.4 Å². The molecule has 2 aromatic heterocycles. The van der Waals surface area contributed by atoms with Gasteiger partial charge in [0.25, 0.3) is 0 Å². The van der Waals surface area contributed by atoms with Crippen molar-refractivity contribution in [2.45, 2.75) is 77.0 Å². The van der Waals surface area contributed by atoms with Gasteiger partial charge in [-0.05, 0) is 39.7 Å². The van der Waals surface area contributed by atoms with Gasteiger partial charge in [0.2, 0.25) is 0 Å². The number of carbonyl (C=O) groups is 1. The lowest BCUT2D eigenvalue weighted by Gasteiger charge is -2.20. The summed E-state index contributed by atoms with van der Waals surface area (Å²) in [6, 6.07) is 2.32. The first kappa shape index (κ1) is 21.0. The number of aliphatic hydroxyl groups is 2. The summed E-state index contributed by atoms with van der Waals surface area (Å²) in [4.78, 5) is 20.9. The van der Waals surface area contributed by atoms with Crippen LogP contribution in [-0.4, -0.2) is 61.7 Å². The third-order valence-electron chi connectivity index (χ3n) is 5.78. The molecule has 1 saturated carbocycles. The van der Waals surface area contributed by atoms with E-state index in [1.54, 1.807) is 37.9 Å². The number of hydrogen-bond acceptors (Lipinski definition) is 8. The van der Waals surface area contributed by atoms with Crippen LogP contribution in [0.2, 0.25) is 0 Å². The Morgan fingerprint density at radius 1 is 1.27 bits per heavy atom. The second-order valence-electron chi connectivity index (χ2n) is 9.20. The number of ether oxygens (including phenoxy) is 2. The first-order valence-corrected chi connectivity index (χ1v) is 10.5. The molecule has 0 bridgehead atoms. The minimum Gasteiger partial charge on any atom is -0.462 e. The summed E-state index contributed by atoms with van der Waals surface area (Å²) in [7, 11) is 0. The van der Waals surface area contributed by atoms with Gasteiger partial charge in [-0.1, -0.05) is 12.8 Å². The molecule has 4 rings (SSSR count). The summed E-state index contributed by atoms with van der Waals surface area (Å²) in [5.74, 6) is -0.395. The van der Waals surface area contributed by atoms with Gasteiger partial charge in [0, 0.05) is 12.2 Å². The number of aromatic nitrogens is 3.